The molecule has 0 bridgehead atoms. The van der Waals surface area contributed by atoms with Crippen molar-refractivity contribution >= 4 is 11.6 Å². The number of hydrogen-bond donors (Lipinski definition) is 0. The Labute approximate surface area is 161 Å². The largest absolute Gasteiger partial charge is 0.255 e. The zero-order valence-corrected chi connectivity index (χ0v) is 16.0. The Morgan fingerprint density at radius 3 is 2.42 bits per heavy atom. The van der Waals surface area contributed by atoms with Crippen LogP contribution in [-0.2, 0) is 0 Å². The lowest BCUT2D eigenvalue weighted by atomic mass is 9.82. The van der Waals surface area contributed by atoms with E-state index < -0.39 is 0 Å². The molecule has 0 saturated heterocycles. The molecule has 1 saturated carbocycles. The van der Waals surface area contributed by atoms with Gasteiger partial charge in [-0.2, -0.15) is 0 Å². The third-order valence-corrected chi connectivity index (χ3v) is 5.71. The van der Waals surface area contributed by atoms with Crippen LogP contribution in [0.2, 0.25) is 5.02 Å². The molecule has 0 atom stereocenters. The normalized spacial score (nSPS) is 15.2. The standard InChI is InChI=1S/C24H24ClN/c1-17-12-20(18-8-4-2-5-9-18)14-21(13-17)22-15-24(26-16-23(22)25)19-10-6-3-7-11-19/h3,6-7,10-16,18H,2,4-5,8-9H2,1H3. The summed E-state index contributed by atoms with van der Waals surface area (Å²) in [5, 5.41) is 0.713. The van der Waals surface area contributed by atoms with E-state index >= 15 is 0 Å². The molecular weight excluding hydrogens is 338 g/mol. The first kappa shape index (κ1) is 17.3. The van der Waals surface area contributed by atoms with Gasteiger partial charge in [0.2, 0.25) is 0 Å². The second-order valence-corrected chi connectivity index (χ2v) is 7.79. The Hall–Kier alpha value is -2.12. The van der Waals surface area contributed by atoms with E-state index in [1.165, 1.54) is 48.8 Å². The summed E-state index contributed by atoms with van der Waals surface area (Å²) in [6.07, 6.45) is 8.47. The maximum atomic E-state index is 6.55. The van der Waals surface area contributed by atoms with E-state index in [4.69, 9.17) is 11.6 Å². The van der Waals surface area contributed by atoms with Gasteiger partial charge < -0.3 is 0 Å². The maximum absolute atomic E-state index is 6.55. The predicted molar refractivity (Wildman–Crippen MR) is 111 cm³/mol. The zero-order chi connectivity index (χ0) is 17.9. The van der Waals surface area contributed by atoms with Crippen molar-refractivity contribution in [2.24, 2.45) is 0 Å². The van der Waals surface area contributed by atoms with Gasteiger partial charge in [-0.05, 0) is 42.9 Å². The Kier molecular flexibility index (Phi) is 5.08. The van der Waals surface area contributed by atoms with E-state index in [0.717, 1.165) is 16.8 Å². The van der Waals surface area contributed by atoms with Crippen LogP contribution in [0.25, 0.3) is 22.4 Å². The Bertz CT molecular complexity index is 895. The monoisotopic (exact) mass is 361 g/mol. The number of benzene rings is 2. The van der Waals surface area contributed by atoms with Gasteiger partial charge in [0.05, 0.1) is 10.7 Å². The summed E-state index contributed by atoms with van der Waals surface area (Å²) < 4.78 is 0. The van der Waals surface area contributed by atoms with Crippen LogP contribution in [0.3, 0.4) is 0 Å². The van der Waals surface area contributed by atoms with Crippen molar-refractivity contribution in [3.63, 3.8) is 0 Å². The molecule has 0 aliphatic heterocycles. The first-order valence-electron chi connectivity index (χ1n) is 9.53. The van der Waals surface area contributed by atoms with Crippen molar-refractivity contribution in [2.75, 3.05) is 0 Å². The minimum Gasteiger partial charge on any atom is -0.255 e. The van der Waals surface area contributed by atoms with Crippen LogP contribution in [-0.4, -0.2) is 4.98 Å². The molecule has 0 amide bonds. The summed E-state index contributed by atoms with van der Waals surface area (Å²) in [6, 6.07) is 19.3. The third kappa shape index (κ3) is 3.68. The minimum absolute atomic E-state index is 0.691. The van der Waals surface area contributed by atoms with E-state index in [1.807, 2.05) is 18.2 Å². The molecule has 0 spiro atoms. The van der Waals surface area contributed by atoms with Crippen LogP contribution in [0, 0.1) is 6.92 Å². The lowest BCUT2D eigenvalue weighted by Gasteiger charge is -2.23. The molecule has 1 fully saturated rings. The van der Waals surface area contributed by atoms with Gasteiger partial charge in [0.15, 0.2) is 0 Å². The van der Waals surface area contributed by atoms with Gasteiger partial charge in [-0.1, -0.05) is 85.0 Å². The summed E-state index contributed by atoms with van der Waals surface area (Å²) in [4.78, 5) is 4.54. The van der Waals surface area contributed by atoms with Crippen LogP contribution in [0.5, 0.6) is 0 Å². The number of aryl methyl sites for hydroxylation is 1. The Balaban J connectivity index is 1.76. The number of nitrogens with zero attached hydrogens (tertiary/aromatic N) is 1. The van der Waals surface area contributed by atoms with Crippen molar-refractivity contribution in [1.29, 1.82) is 0 Å². The highest BCUT2D eigenvalue weighted by molar-refractivity contribution is 6.33. The fourth-order valence-corrected chi connectivity index (χ4v) is 4.28. The molecule has 1 heterocycles. The molecule has 0 N–H and O–H groups in total. The summed E-state index contributed by atoms with van der Waals surface area (Å²) >= 11 is 6.55. The average molecular weight is 362 g/mol. The highest BCUT2D eigenvalue weighted by Gasteiger charge is 2.17. The Morgan fingerprint density at radius 1 is 0.885 bits per heavy atom. The lowest BCUT2D eigenvalue weighted by Crippen LogP contribution is -2.05. The first-order chi connectivity index (χ1) is 12.7. The molecule has 3 aromatic rings. The molecule has 2 heteroatoms. The number of pyridine rings is 1. The second kappa shape index (κ2) is 7.63. The van der Waals surface area contributed by atoms with Gasteiger partial charge in [-0.15, -0.1) is 0 Å². The van der Waals surface area contributed by atoms with Gasteiger partial charge in [0, 0.05) is 17.3 Å². The van der Waals surface area contributed by atoms with Crippen molar-refractivity contribution in [3.8, 4) is 22.4 Å². The highest BCUT2D eigenvalue weighted by Crippen LogP contribution is 2.37. The van der Waals surface area contributed by atoms with Gasteiger partial charge in [0.25, 0.3) is 0 Å². The lowest BCUT2D eigenvalue weighted by molar-refractivity contribution is 0.443. The minimum atomic E-state index is 0.691. The van der Waals surface area contributed by atoms with Crippen LogP contribution < -0.4 is 0 Å². The van der Waals surface area contributed by atoms with E-state index in [1.54, 1.807) is 6.20 Å². The maximum Gasteiger partial charge on any atom is 0.0709 e. The fraction of sp³-hybridized carbons (Fsp3) is 0.292. The summed E-state index contributed by atoms with van der Waals surface area (Å²) in [7, 11) is 0. The molecule has 1 aliphatic carbocycles. The SMILES string of the molecule is Cc1cc(-c2cc(-c3ccccc3)ncc2Cl)cc(C2CCCCC2)c1. The fourth-order valence-electron chi connectivity index (χ4n) is 4.07. The van der Waals surface area contributed by atoms with Crippen molar-refractivity contribution in [1.82, 2.24) is 4.98 Å². The molecule has 0 unspecified atom stereocenters. The summed E-state index contributed by atoms with van der Waals surface area (Å²) in [5.74, 6) is 0.691. The highest BCUT2D eigenvalue weighted by atomic mass is 35.5. The quantitative estimate of drug-likeness (QED) is 0.472. The van der Waals surface area contributed by atoms with Crippen LogP contribution in [0.1, 0.15) is 49.1 Å². The molecule has 4 rings (SSSR count). The number of hydrogen-bond acceptors (Lipinski definition) is 1. The number of rotatable bonds is 3. The van der Waals surface area contributed by atoms with Gasteiger partial charge >= 0.3 is 0 Å². The topological polar surface area (TPSA) is 12.9 Å². The van der Waals surface area contributed by atoms with Gasteiger partial charge in [0.1, 0.15) is 0 Å². The van der Waals surface area contributed by atoms with Crippen LogP contribution in [0.4, 0.5) is 0 Å². The van der Waals surface area contributed by atoms with E-state index in [2.05, 4.69) is 48.3 Å². The number of aromatic nitrogens is 1. The summed E-state index contributed by atoms with van der Waals surface area (Å²) in [6.45, 7) is 2.18. The summed E-state index contributed by atoms with van der Waals surface area (Å²) in [5.41, 5.74) is 7.12. The molecule has 26 heavy (non-hydrogen) atoms. The molecule has 1 aliphatic rings. The van der Waals surface area contributed by atoms with E-state index in [9.17, 15) is 0 Å². The van der Waals surface area contributed by atoms with E-state index in [0.29, 0.717) is 10.9 Å². The molecule has 1 nitrogen and oxygen atoms in total. The third-order valence-electron chi connectivity index (χ3n) is 5.41. The molecule has 0 radical (unpaired) electrons. The smallest absolute Gasteiger partial charge is 0.0709 e. The first-order valence-corrected chi connectivity index (χ1v) is 9.91. The average Bonchev–Trinajstić information content (AvgIpc) is 2.69. The zero-order valence-electron chi connectivity index (χ0n) is 15.2. The molecule has 132 valence electrons. The van der Waals surface area contributed by atoms with Gasteiger partial charge in [-0.25, -0.2) is 0 Å². The van der Waals surface area contributed by atoms with Crippen molar-refractivity contribution in [3.05, 3.63) is 76.9 Å². The van der Waals surface area contributed by atoms with Crippen molar-refractivity contribution in [2.45, 2.75) is 44.9 Å². The van der Waals surface area contributed by atoms with Crippen LogP contribution in [0.15, 0.2) is 60.8 Å². The Morgan fingerprint density at radius 2 is 1.65 bits per heavy atom. The van der Waals surface area contributed by atoms with E-state index in [-0.39, 0.29) is 0 Å². The second-order valence-electron chi connectivity index (χ2n) is 7.38. The molecule has 2 aromatic carbocycles. The molecular formula is C24H24ClN. The number of halogens is 1. The van der Waals surface area contributed by atoms with Crippen LogP contribution >= 0.6 is 11.6 Å². The molecule has 1 aromatic heterocycles. The van der Waals surface area contributed by atoms with Gasteiger partial charge in [-0.3, -0.25) is 4.98 Å². The van der Waals surface area contributed by atoms with Crippen molar-refractivity contribution < 1.29 is 0 Å². The predicted octanol–water partition coefficient (Wildman–Crippen LogP) is 7.43.